The first-order valence-electron chi connectivity index (χ1n) is 5.57. The number of methoxy groups -OCH3 is 1. The van der Waals surface area contributed by atoms with Gasteiger partial charge in [-0.25, -0.2) is 9.97 Å². The van der Waals surface area contributed by atoms with Crippen molar-refractivity contribution in [3.63, 3.8) is 0 Å². The van der Waals surface area contributed by atoms with Gasteiger partial charge in [0.15, 0.2) is 0 Å². The molecule has 1 unspecified atom stereocenters. The summed E-state index contributed by atoms with van der Waals surface area (Å²) < 4.78 is 4.89. The predicted octanol–water partition coefficient (Wildman–Crippen LogP) is 0.0647. The third-order valence-electron chi connectivity index (χ3n) is 2.51. The molecule has 1 atom stereocenters. The zero-order chi connectivity index (χ0) is 12.8. The van der Waals surface area contributed by atoms with Gasteiger partial charge in [0.25, 0.3) is 0 Å². The van der Waals surface area contributed by atoms with Crippen molar-refractivity contribution in [2.75, 3.05) is 37.9 Å². The maximum Gasteiger partial charge on any atom is 0.137 e. The molecule has 0 aliphatic rings. The maximum atomic E-state index is 9.67. The molecule has 96 valence electrons. The lowest BCUT2D eigenvalue weighted by Gasteiger charge is -2.23. The number of nitrogen functional groups attached to an aromatic ring is 1. The first-order chi connectivity index (χ1) is 8.10. The topological polar surface area (TPSA) is 84.5 Å². The Morgan fingerprint density at radius 2 is 2.24 bits per heavy atom. The average molecular weight is 240 g/mol. The van der Waals surface area contributed by atoms with Crippen molar-refractivity contribution in [1.82, 2.24) is 9.97 Å². The fourth-order valence-electron chi connectivity index (χ4n) is 1.73. The van der Waals surface area contributed by atoms with Crippen molar-refractivity contribution >= 4 is 11.6 Å². The number of ether oxygens (including phenoxy) is 1. The fraction of sp³-hybridized carbons (Fsp3) is 0.636. The number of aliphatic hydroxyl groups excluding tert-OH is 1. The summed E-state index contributed by atoms with van der Waals surface area (Å²) in [5.74, 6) is 1.25. The molecule has 0 saturated heterocycles. The van der Waals surface area contributed by atoms with Crippen LogP contribution in [0.5, 0.6) is 0 Å². The Morgan fingerprint density at radius 3 is 2.82 bits per heavy atom. The third-order valence-corrected chi connectivity index (χ3v) is 2.51. The summed E-state index contributed by atoms with van der Waals surface area (Å²) in [6.45, 7) is 2.74. The number of nitrogens with zero attached hydrogens (tertiary/aromatic N) is 3. The van der Waals surface area contributed by atoms with Crippen LogP contribution in [0.1, 0.15) is 12.5 Å². The number of nitrogens with two attached hydrogens (primary N) is 1. The van der Waals surface area contributed by atoms with E-state index in [9.17, 15) is 5.11 Å². The van der Waals surface area contributed by atoms with Gasteiger partial charge < -0.3 is 20.5 Å². The molecule has 0 amide bonds. The van der Waals surface area contributed by atoms with E-state index in [1.807, 2.05) is 18.9 Å². The van der Waals surface area contributed by atoms with Gasteiger partial charge in [0.2, 0.25) is 0 Å². The molecule has 6 heteroatoms. The molecule has 0 spiro atoms. The van der Waals surface area contributed by atoms with Gasteiger partial charge >= 0.3 is 0 Å². The number of aliphatic hydroxyl groups is 1. The fourth-order valence-corrected chi connectivity index (χ4v) is 1.73. The van der Waals surface area contributed by atoms with Gasteiger partial charge in [-0.05, 0) is 6.42 Å². The Hall–Kier alpha value is -1.40. The van der Waals surface area contributed by atoms with E-state index in [0.717, 1.165) is 17.8 Å². The normalized spacial score (nSPS) is 12.5. The summed E-state index contributed by atoms with van der Waals surface area (Å²) in [5, 5.41) is 9.67. The molecular formula is C11H20N4O2. The van der Waals surface area contributed by atoms with Crippen LogP contribution in [0.25, 0.3) is 0 Å². The monoisotopic (exact) mass is 240 g/mol. The Bertz CT molecular complexity index is 359. The van der Waals surface area contributed by atoms with E-state index < -0.39 is 6.10 Å². The molecule has 0 bridgehead atoms. The Morgan fingerprint density at radius 1 is 1.53 bits per heavy atom. The second kappa shape index (κ2) is 6.36. The highest BCUT2D eigenvalue weighted by Gasteiger charge is 2.14. The van der Waals surface area contributed by atoms with Crippen molar-refractivity contribution < 1.29 is 9.84 Å². The van der Waals surface area contributed by atoms with Gasteiger partial charge in [0, 0.05) is 26.3 Å². The number of hydrogen-bond donors (Lipinski definition) is 2. The van der Waals surface area contributed by atoms with Crippen LogP contribution in [0.15, 0.2) is 6.33 Å². The molecule has 0 saturated carbocycles. The molecule has 0 radical (unpaired) electrons. The Kier molecular flexibility index (Phi) is 5.11. The summed E-state index contributed by atoms with van der Waals surface area (Å²) in [6.07, 6.45) is 1.64. The Labute approximate surface area is 101 Å². The lowest BCUT2D eigenvalue weighted by atomic mass is 10.2. The van der Waals surface area contributed by atoms with Crippen LogP contribution in [0.3, 0.4) is 0 Å². The zero-order valence-electron chi connectivity index (χ0n) is 10.6. The van der Waals surface area contributed by atoms with E-state index in [0.29, 0.717) is 19.0 Å². The zero-order valence-corrected chi connectivity index (χ0v) is 10.6. The third kappa shape index (κ3) is 3.54. The predicted molar refractivity (Wildman–Crippen MR) is 67.0 cm³/mol. The molecule has 1 aromatic heterocycles. The minimum atomic E-state index is -0.550. The summed E-state index contributed by atoms with van der Waals surface area (Å²) in [7, 11) is 3.42. The van der Waals surface area contributed by atoms with Crippen LogP contribution in [0, 0.1) is 0 Å². The van der Waals surface area contributed by atoms with Crippen molar-refractivity contribution in [2.24, 2.45) is 0 Å². The van der Waals surface area contributed by atoms with Gasteiger partial charge in [-0.3, -0.25) is 0 Å². The van der Waals surface area contributed by atoms with Crippen molar-refractivity contribution in [1.29, 1.82) is 0 Å². The minimum absolute atomic E-state index is 0.298. The highest BCUT2D eigenvalue weighted by atomic mass is 16.5. The van der Waals surface area contributed by atoms with Gasteiger partial charge in [-0.2, -0.15) is 0 Å². The highest BCUT2D eigenvalue weighted by Crippen LogP contribution is 2.20. The summed E-state index contributed by atoms with van der Waals surface area (Å²) in [5.41, 5.74) is 6.70. The quantitative estimate of drug-likeness (QED) is 0.731. The van der Waals surface area contributed by atoms with Crippen LogP contribution in [0.4, 0.5) is 11.6 Å². The lowest BCUT2D eigenvalue weighted by molar-refractivity contribution is 0.0694. The van der Waals surface area contributed by atoms with Gasteiger partial charge in [-0.15, -0.1) is 0 Å². The van der Waals surface area contributed by atoms with E-state index in [1.54, 1.807) is 7.11 Å². The van der Waals surface area contributed by atoms with Crippen LogP contribution in [-0.2, 0) is 11.2 Å². The number of anilines is 2. The highest BCUT2D eigenvalue weighted by molar-refractivity contribution is 5.56. The molecular weight excluding hydrogens is 220 g/mol. The molecule has 6 nitrogen and oxygen atoms in total. The summed E-state index contributed by atoms with van der Waals surface area (Å²) in [4.78, 5) is 10.0. The van der Waals surface area contributed by atoms with Crippen molar-refractivity contribution in [3.05, 3.63) is 11.9 Å². The number of hydrogen-bond acceptors (Lipinski definition) is 6. The molecule has 1 rings (SSSR count). The molecule has 1 aromatic rings. The number of rotatable bonds is 6. The molecule has 0 fully saturated rings. The van der Waals surface area contributed by atoms with Gasteiger partial charge in [0.1, 0.15) is 18.0 Å². The second-order valence-electron chi connectivity index (χ2n) is 3.90. The van der Waals surface area contributed by atoms with Crippen LogP contribution >= 0.6 is 0 Å². The smallest absolute Gasteiger partial charge is 0.137 e. The van der Waals surface area contributed by atoms with Gasteiger partial charge in [-0.1, -0.05) is 6.92 Å². The lowest BCUT2D eigenvalue weighted by Crippen LogP contribution is -2.33. The molecule has 1 heterocycles. The van der Waals surface area contributed by atoms with Crippen LogP contribution in [-0.4, -0.2) is 48.5 Å². The Balaban J connectivity index is 2.81. The summed E-state index contributed by atoms with van der Waals surface area (Å²) >= 11 is 0. The van der Waals surface area contributed by atoms with E-state index >= 15 is 0 Å². The molecule has 0 aromatic carbocycles. The van der Waals surface area contributed by atoms with E-state index in [-0.39, 0.29) is 0 Å². The minimum Gasteiger partial charge on any atom is -0.389 e. The first kappa shape index (κ1) is 13.7. The van der Waals surface area contributed by atoms with E-state index in [2.05, 4.69) is 9.97 Å². The molecule has 0 aliphatic carbocycles. The molecule has 3 N–H and O–H groups in total. The first-order valence-corrected chi connectivity index (χ1v) is 5.57. The van der Waals surface area contributed by atoms with Gasteiger partial charge in [0.05, 0.1) is 12.7 Å². The van der Waals surface area contributed by atoms with Crippen molar-refractivity contribution in [2.45, 2.75) is 19.4 Å². The van der Waals surface area contributed by atoms with Crippen LogP contribution < -0.4 is 10.6 Å². The van der Waals surface area contributed by atoms with E-state index in [4.69, 9.17) is 10.5 Å². The van der Waals surface area contributed by atoms with Crippen molar-refractivity contribution in [3.8, 4) is 0 Å². The van der Waals surface area contributed by atoms with Crippen LogP contribution in [0.2, 0.25) is 0 Å². The number of likely N-dealkylation sites (N-methyl/N-ethyl adjacent to an activating group) is 1. The summed E-state index contributed by atoms with van der Waals surface area (Å²) in [6, 6.07) is 0. The van der Waals surface area contributed by atoms with E-state index in [1.165, 1.54) is 6.33 Å². The molecule has 17 heavy (non-hydrogen) atoms. The SMILES string of the molecule is CCc1c(N)ncnc1N(C)CC(O)COC. The second-order valence-corrected chi connectivity index (χ2v) is 3.90. The maximum absolute atomic E-state index is 9.67. The average Bonchev–Trinajstić information content (AvgIpc) is 2.28. The molecule has 0 aliphatic heterocycles. The standard InChI is InChI=1S/C11H20N4O2/c1-4-9-10(12)13-7-14-11(9)15(2)5-8(16)6-17-3/h7-8,16H,4-6H2,1-3H3,(H2,12,13,14). The largest absolute Gasteiger partial charge is 0.389 e. The number of aromatic nitrogens is 2.